The first-order chi connectivity index (χ1) is 12.0. The summed E-state index contributed by atoms with van der Waals surface area (Å²) >= 11 is 1.23. The fourth-order valence-corrected chi connectivity index (χ4v) is 3.69. The lowest BCUT2D eigenvalue weighted by Gasteiger charge is -2.30. The topological polar surface area (TPSA) is 68.0 Å². The number of benzene rings is 1. The fraction of sp³-hybridized carbons (Fsp3) is 0.500. The van der Waals surface area contributed by atoms with Crippen LogP contribution in [0.2, 0.25) is 0 Å². The molecule has 1 aromatic carbocycles. The van der Waals surface area contributed by atoms with Crippen molar-refractivity contribution in [2.75, 3.05) is 0 Å². The van der Waals surface area contributed by atoms with Crippen molar-refractivity contribution < 1.29 is 13.6 Å². The van der Waals surface area contributed by atoms with E-state index < -0.39 is 0 Å². The van der Waals surface area contributed by atoms with Gasteiger partial charge in [-0.15, -0.1) is 10.2 Å². The van der Waals surface area contributed by atoms with Crippen LogP contribution in [0.1, 0.15) is 39.5 Å². The summed E-state index contributed by atoms with van der Waals surface area (Å²) in [4.78, 5) is 12.4. The van der Waals surface area contributed by atoms with Crippen molar-refractivity contribution in [1.82, 2.24) is 15.5 Å². The van der Waals surface area contributed by atoms with Crippen molar-refractivity contribution in [2.24, 2.45) is 5.92 Å². The fourth-order valence-electron chi connectivity index (χ4n) is 3.00. The van der Waals surface area contributed by atoms with Crippen LogP contribution in [0.15, 0.2) is 33.9 Å². The number of halogens is 1. The van der Waals surface area contributed by atoms with E-state index in [9.17, 15) is 9.18 Å². The van der Waals surface area contributed by atoms with E-state index in [2.05, 4.69) is 22.4 Å². The van der Waals surface area contributed by atoms with Crippen molar-refractivity contribution in [1.29, 1.82) is 0 Å². The molecule has 0 spiro atoms. The Hall–Kier alpha value is -1.89. The summed E-state index contributed by atoms with van der Waals surface area (Å²) in [5.41, 5.74) is 0.647. The standard InChI is InChI=1S/C18H22FN3O2S/c1-11-5-3-4-6-15(11)20-16(23)12(2)25-18-22-21-17(24-18)13-7-9-14(19)10-8-13/h7-12,15H,3-6H2,1-2H3,(H,20,23)/t11-,12+,15+/m0/s1. The largest absolute Gasteiger partial charge is 0.411 e. The molecule has 25 heavy (non-hydrogen) atoms. The molecule has 1 heterocycles. The number of amides is 1. The highest BCUT2D eigenvalue weighted by molar-refractivity contribution is 8.00. The van der Waals surface area contributed by atoms with Crippen LogP contribution in [-0.4, -0.2) is 27.4 Å². The van der Waals surface area contributed by atoms with Gasteiger partial charge in [0.2, 0.25) is 11.8 Å². The number of carbonyl (C=O) groups is 1. The summed E-state index contributed by atoms with van der Waals surface area (Å²) in [6, 6.07) is 6.10. The molecule has 1 amide bonds. The number of carbonyl (C=O) groups excluding carboxylic acids is 1. The first kappa shape index (κ1) is 17.9. The van der Waals surface area contributed by atoms with E-state index in [1.807, 2.05) is 6.92 Å². The molecule has 2 aromatic rings. The second kappa shape index (κ2) is 7.99. The maximum Gasteiger partial charge on any atom is 0.277 e. The van der Waals surface area contributed by atoms with E-state index in [-0.39, 0.29) is 23.0 Å². The molecule has 1 fully saturated rings. The number of thioether (sulfide) groups is 1. The van der Waals surface area contributed by atoms with Crippen LogP contribution in [0.4, 0.5) is 4.39 Å². The minimum atomic E-state index is -0.323. The number of nitrogens with one attached hydrogen (secondary N) is 1. The van der Waals surface area contributed by atoms with Gasteiger partial charge in [0.05, 0.1) is 5.25 Å². The van der Waals surface area contributed by atoms with Crippen molar-refractivity contribution in [3.63, 3.8) is 0 Å². The zero-order chi connectivity index (χ0) is 17.8. The highest BCUT2D eigenvalue weighted by Crippen LogP contribution is 2.28. The second-order valence-corrected chi connectivity index (χ2v) is 7.81. The van der Waals surface area contributed by atoms with Crippen LogP contribution in [-0.2, 0) is 4.79 Å². The number of aromatic nitrogens is 2. The van der Waals surface area contributed by atoms with Gasteiger partial charge in [0.25, 0.3) is 5.22 Å². The van der Waals surface area contributed by atoms with Gasteiger partial charge >= 0.3 is 0 Å². The van der Waals surface area contributed by atoms with E-state index in [4.69, 9.17) is 4.42 Å². The highest BCUT2D eigenvalue weighted by Gasteiger charge is 2.26. The number of rotatable bonds is 5. The first-order valence-corrected chi connectivity index (χ1v) is 9.47. The van der Waals surface area contributed by atoms with Gasteiger partial charge < -0.3 is 9.73 Å². The van der Waals surface area contributed by atoms with Crippen LogP contribution in [0.25, 0.3) is 11.5 Å². The maximum absolute atomic E-state index is 13.0. The molecule has 134 valence electrons. The molecule has 5 nitrogen and oxygen atoms in total. The van der Waals surface area contributed by atoms with Crippen molar-refractivity contribution in [3.8, 4) is 11.5 Å². The number of hydrogen-bond acceptors (Lipinski definition) is 5. The number of hydrogen-bond donors (Lipinski definition) is 1. The van der Waals surface area contributed by atoms with Gasteiger partial charge in [-0.2, -0.15) is 0 Å². The van der Waals surface area contributed by atoms with Crippen LogP contribution in [0.5, 0.6) is 0 Å². The van der Waals surface area contributed by atoms with E-state index in [1.165, 1.54) is 36.7 Å². The van der Waals surface area contributed by atoms with Crippen LogP contribution in [0, 0.1) is 11.7 Å². The summed E-state index contributed by atoms with van der Waals surface area (Å²) in [6.07, 6.45) is 4.62. The Bertz CT molecular complexity index is 719. The average Bonchev–Trinajstić information content (AvgIpc) is 3.06. The molecule has 3 rings (SSSR count). The van der Waals surface area contributed by atoms with Gasteiger partial charge in [-0.1, -0.05) is 31.5 Å². The minimum Gasteiger partial charge on any atom is -0.411 e. The van der Waals surface area contributed by atoms with Crippen molar-refractivity contribution in [2.45, 2.75) is 56.0 Å². The zero-order valence-electron chi connectivity index (χ0n) is 14.4. The summed E-state index contributed by atoms with van der Waals surface area (Å²) in [5, 5.41) is 11.1. The monoisotopic (exact) mass is 363 g/mol. The third-order valence-corrected chi connectivity index (χ3v) is 5.52. The van der Waals surface area contributed by atoms with E-state index in [0.29, 0.717) is 22.6 Å². The predicted molar refractivity (Wildman–Crippen MR) is 94.6 cm³/mol. The Labute approximate surface area is 150 Å². The molecule has 0 saturated heterocycles. The minimum absolute atomic E-state index is 0.00900. The summed E-state index contributed by atoms with van der Waals surface area (Å²) in [7, 11) is 0. The van der Waals surface area contributed by atoms with E-state index >= 15 is 0 Å². The van der Waals surface area contributed by atoms with Gasteiger partial charge in [0.15, 0.2) is 0 Å². The maximum atomic E-state index is 13.0. The number of nitrogens with zero attached hydrogens (tertiary/aromatic N) is 2. The normalized spacial score (nSPS) is 21.7. The van der Waals surface area contributed by atoms with Crippen LogP contribution < -0.4 is 5.32 Å². The van der Waals surface area contributed by atoms with Gasteiger partial charge in [-0.3, -0.25) is 4.79 Å². The van der Waals surface area contributed by atoms with Crippen molar-refractivity contribution in [3.05, 3.63) is 30.1 Å². The van der Waals surface area contributed by atoms with Gasteiger partial charge in [-0.05, 0) is 49.9 Å². The molecular formula is C18H22FN3O2S. The van der Waals surface area contributed by atoms with Gasteiger partial charge in [-0.25, -0.2) is 4.39 Å². The molecular weight excluding hydrogens is 341 g/mol. The molecule has 1 N–H and O–H groups in total. The zero-order valence-corrected chi connectivity index (χ0v) is 15.2. The van der Waals surface area contributed by atoms with Gasteiger partial charge in [0, 0.05) is 11.6 Å². The van der Waals surface area contributed by atoms with E-state index in [1.54, 1.807) is 12.1 Å². The highest BCUT2D eigenvalue weighted by atomic mass is 32.2. The van der Waals surface area contributed by atoms with Crippen molar-refractivity contribution >= 4 is 17.7 Å². The molecule has 1 aromatic heterocycles. The average molecular weight is 363 g/mol. The predicted octanol–water partition coefficient (Wildman–Crippen LogP) is 4.05. The molecule has 1 aliphatic rings. The smallest absolute Gasteiger partial charge is 0.277 e. The Morgan fingerprint density at radius 1 is 1.28 bits per heavy atom. The summed E-state index contributed by atoms with van der Waals surface area (Å²) < 4.78 is 18.6. The molecule has 0 unspecified atom stereocenters. The van der Waals surface area contributed by atoms with Gasteiger partial charge in [0.1, 0.15) is 5.82 Å². The third-order valence-electron chi connectivity index (χ3n) is 4.58. The van der Waals surface area contributed by atoms with E-state index in [0.717, 1.165) is 12.8 Å². The summed E-state index contributed by atoms with van der Waals surface area (Å²) in [6.45, 7) is 4.02. The molecule has 1 aliphatic carbocycles. The Morgan fingerprint density at radius 3 is 2.72 bits per heavy atom. The molecule has 0 radical (unpaired) electrons. The molecule has 0 bridgehead atoms. The Kier molecular flexibility index (Phi) is 5.73. The SMILES string of the molecule is C[C@@H](Sc1nnc(-c2ccc(F)cc2)o1)C(=O)N[C@@H]1CCCC[C@@H]1C. The first-order valence-electron chi connectivity index (χ1n) is 8.59. The Balaban J connectivity index is 1.58. The summed E-state index contributed by atoms with van der Waals surface area (Å²) in [5.74, 6) is 0.504. The molecule has 3 atom stereocenters. The van der Waals surface area contributed by atoms with Crippen LogP contribution in [0.3, 0.4) is 0 Å². The third kappa shape index (κ3) is 4.60. The molecule has 7 heteroatoms. The quantitative estimate of drug-likeness (QED) is 0.812. The second-order valence-electron chi connectivity index (χ2n) is 6.52. The Morgan fingerprint density at radius 2 is 2.00 bits per heavy atom. The lowest BCUT2D eigenvalue weighted by atomic mass is 9.86. The molecule has 0 aliphatic heterocycles. The van der Waals surface area contributed by atoms with Crippen LogP contribution >= 0.6 is 11.8 Å². The molecule has 1 saturated carbocycles. The lowest BCUT2D eigenvalue weighted by Crippen LogP contribution is -2.44. The lowest BCUT2D eigenvalue weighted by molar-refractivity contribution is -0.121.